The maximum Gasteiger partial charge on any atom is 0.459 e. The summed E-state index contributed by atoms with van der Waals surface area (Å²) in [5.41, 5.74) is -1.99. The molecule has 2 rings (SSSR count). The third-order valence-electron chi connectivity index (χ3n) is 2.65. The van der Waals surface area contributed by atoms with E-state index >= 15 is 0 Å². The first-order chi connectivity index (χ1) is 10.4. The Labute approximate surface area is 125 Å². The van der Waals surface area contributed by atoms with E-state index in [-0.39, 0.29) is 5.46 Å². The Kier molecular flexibility index (Phi) is 4.07. The van der Waals surface area contributed by atoms with Crippen LogP contribution in [0.2, 0.25) is 0 Å². The van der Waals surface area contributed by atoms with Gasteiger partial charge in [0.25, 0.3) is 0 Å². The molecule has 0 saturated heterocycles. The van der Waals surface area contributed by atoms with Crippen LogP contribution < -0.4 is 10.2 Å². The SMILES string of the molecule is [B]c1cnn(-c2c(OC(F)F)c(C(F)(F)C(F)(F)F)nn2C)c1. The molecule has 124 valence electrons. The lowest BCUT2D eigenvalue weighted by Gasteiger charge is -2.18. The minimum atomic E-state index is -6.05. The van der Waals surface area contributed by atoms with Gasteiger partial charge in [0.05, 0.1) is 0 Å². The Bertz CT molecular complexity index is 709. The van der Waals surface area contributed by atoms with Crippen LogP contribution in [0.15, 0.2) is 12.4 Å². The minimum Gasteiger partial charge on any atom is -0.428 e. The predicted molar refractivity (Wildman–Crippen MR) is 62.3 cm³/mol. The molecule has 0 atom stereocenters. The van der Waals surface area contributed by atoms with Crippen LogP contribution in [0.1, 0.15) is 5.69 Å². The molecule has 0 aromatic carbocycles. The Morgan fingerprint density at radius 1 is 1.22 bits per heavy atom. The minimum absolute atomic E-state index is 0.0123. The summed E-state index contributed by atoms with van der Waals surface area (Å²) in [4.78, 5) is 0. The van der Waals surface area contributed by atoms with Crippen LogP contribution in [0.3, 0.4) is 0 Å². The van der Waals surface area contributed by atoms with Crippen LogP contribution in [0, 0.1) is 0 Å². The molecule has 23 heavy (non-hydrogen) atoms. The molecule has 0 aliphatic carbocycles. The van der Waals surface area contributed by atoms with Crippen molar-refractivity contribution in [1.82, 2.24) is 19.6 Å². The number of hydrogen-bond donors (Lipinski definition) is 0. The van der Waals surface area contributed by atoms with Crippen molar-refractivity contribution in [2.75, 3.05) is 0 Å². The Balaban J connectivity index is 2.70. The van der Waals surface area contributed by atoms with Gasteiger partial charge in [-0.3, -0.25) is 0 Å². The molecular weight excluding hydrogens is 336 g/mol. The van der Waals surface area contributed by atoms with Crippen molar-refractivity contribution in [2.45, 2.75) is 18.7 Å². The van der Waals surface area contributed by atoms with E-state index in [9.17, 15) is 30.7 Å². The van der Waals surface area contributed by atoms with Crippen molar-refractivity contribution in [2.24, 2.45) is 7.05 Å². The highest BCUT2D eigenvalue weighted by molar-refractivity contribution is 6.31. The molecule has 13 heteroatoms. The zero-order chi connectivity index (χ0) is 17.6. The number of ether oxygens (including phenoxy) is 1. The third kappa shape index (κ3) is 2.99. The van der Waals surface area contributed by atoms with Gasteiger partial charge in [0.2, 0.25) is 0 Å². The van der Waals surface area contributed by atoms with Crippen LogP contribution in [0.4, 0.5) is 30.7 Å². The summed E-state index contributed by atoms with van der Waals surface area (Å²) in [5.74, 6) is -7.62. The smallest absolute Gasteiger partial charge is 0.428 e. The summed E-state index contributed by atoms with van der Waals surface area (Å²) >= 11 is 0. The van der Waals surface area contributed by atoms with E-state index in [1.165, 1.54) is 0 Å². The summed E-state index contributed by atoms with van der Waals surface area (Å²) in [5, 5.41) is 6.53. The van der Waals surface area contributed by atoms with Gasteiger partial charge < -0.3 is 4.74 Å². The molecular formula is C10H6BF7N4O. The fourth-order valence-corrected chi connectivity index (χ4v) is 1.74. The second-order valence-corrected chi connectivity index (χ2v) is 4.29. The number of hydrogen-bond acceptors (Lipinski definition) is 3. The van der Waals surface area contributed by atoms with Crippen LogP contribution in [-0.2, 0) is 13.0 Å². The summed E-state index contributed by atoms with van der Waals surface area (Å²) in [6.07, 6.45) is -4.02. The molecule has 0 amide bonds. The Morgan fingerprint density at radius 3 is 2.26 bits per heavy atom. The van der Waals surface area contributed by atoms with Crippen molar-refractivity contribution >= 4 is 13.3 Å². The lowest BCUT2D eigenvalue weighted by molar-refractivity contribution is -0.291. The summed E-state index contributed by atoms with van der Waals surface area (Å²) in [6.45, 7) is -3.66. The Hall–Kier alpha value is -2.21. The summed E-state index contributed by atoms with van der Waals surface area (Å²) < 4.78 is 94.5. The van der Waals surface area contributed by atoms with E-state index in [2.05, 4.69) is 14.9 Å². The van der Waals surface area contributed by atoms with E-state index < -0.39 is 36.0 Å². The number of aryl methyl sites for hydroxylation is 1. The molecule has 0 aliphatic rings. The number of aromatic nitrogens is 4. The molecule has 0 fully saturated rings. The predicted octanol–water partition coefficient (Wildman–Crippen LogP) is 1.66. The van der Waals surface area contributed by atoms with E-state index in [1.54, 1.807) is 0 Å². The number of rotatable bonds is 4. The molecule has 5 nitrogen and oxygen atoms in total. The van der Waals surface area contributed by atoms with E-state index in [0.717, 1.165) is 19.4 Å². The normalized spacial score (nSPS) is 12.9. The molecule has 0 spiro atoms. The number of alkyl halides is 7. The molecule has 2 aromatic heterocycles. The molecule has 0 N–H and O–H groups in total. The molecule has 0 aliphatic heterocycles. The quantitative estimate of drug-likeness (QED) is 0.627. The maximum absolute atomic E-state index is 13.5. The van der Waals surface area contributed by atoms with Crippen molar-refractivity contribution < 1.29 is 35.5 Å². The third-order valence-corrected chi connectivity index (χ3v) is 2.65. The van der Waals surface area contributed by atoms with Gasteiger partial charge >= 0.3 is 18.7 Å². The fraction of sp³-hybridized carbons (Fsp3) is 0.400. The van der Waals surface area contributed by atoms with Crippen molar-refractivity contribution in [3.05, 3.63) is 18.1 Å². The van der Waals surface area contributed by atoms with E-state index in [4.69, 9.17) is 7.85 Å². The molecule has 2 aromatic rings. The first kappa shape index (κ1) is 17.2. The summed E-state index contributed by atoms with van der Waals surface area (Å²) in [6, 6.07) is 0. The average Bonchev–Trinajstić information content (AvgIpc) is 2.91. The van der Waals surface area contributed by atoms with Crippen molar-refractivity contribution in [3.63, 3.8) is 0 Å². The standard InChI is InChI=1S/C10H6BF7N4O/c1-21-7(22-3-4(11)2-19-22)5(23-8(12)13)6(20-21)9(14,15)10(16,17)18/h2-3,8H,1H3. The lowest BCUT2D eigenvalue weighted by atomic mass is 10.0. The molecule has 0 saturated carbocycles. The molecule has 0 bridgehead atoms. The van der Waals surface area contributed by atoms with Gasteiger partial charge in [0.15, 0.2) is 17.3 Å². The molecule has 0 unspecified atom stereocenters. The van der Waals surface area contributed by atoms with Crippen LogP contribution in [0.25, 0.3) is 5.82 Å². The Morgan fingerprint density at radius 2 is 1.83 bits per heavy atom. The van der Waals surface area contributed by atoms with Gasteiger partial charge in [-0.1, -0.05) is 5.46 Å². The first-order valence-electron chi connectivity index (χ1n) is 5.72. The maximum atomic E-state index is 13.5. The van der Waals surface area contributed by atoms with E-state index in [0.29, 0.717) is 9.36 Å². The topological polar surface area (TPSA) is 44.9 Å². The van der Waals surface area contributed by atoms with Crippen LogP contribution in [0.5, 0.6) is 5.75 Å². The largest absolute Gasteiger partial charge is 0.459 e. The monoisotopic (exact) mass is 342 g/mol. The number of halogens is 7. The first-order valence-corrected chi connectivity index (χ1v) is 5.72. The van der Waals surface area contributed by atoms with Gasteiger partial charge in [-0.25, -0.2) is 9.36 Å². The van der Waals surface area contributed by atoms with E-state index in [1.807, 2.05) is 0 Å². The molecule has 2 heterocycles. The highest BCUT2D eigenvalue weighted by atomic mass is 19.4. The second-order valence-electron chi connectivity index (χ2n) is 4.29. The van der Waals surface area contributed by atoms with Gasteiger partial charge in [-0.15, -0.1) is 0 Å². The van der Waals surface area contributed by atoms with Crippen LogP contribution >= 0.6 is 0 Å². The zero-order valence-electron chi connectivity index (χ0n) is 11.2. The number of nitrogens with zero attached hydrogens (tertiary/aromatic N) is 4. The van der Waals surface area contributed by atoms with Gasteiger partial charge in [-0.05, 0) is 0 Å². The van der Waals surface area contributed by atoms with Gasteiger partial charge in [0, 0.05) is 19.4 Å². The highest BCUT2D eigenvalue weighted by Crippen LogP contribution is 2.48. The lowest BCUT2D eigenvalue weighted by Crippen LogP contribution is -2.34. The highest BCUT2D eigenvalue weighted by Gasteiger charge is 2.62. The van der Waals surface area contributed by atoms with Crippen molar-refractivity contribution in [1.29, 1.82) is 0 Å². The van der Waals surface area contributed by atoms with Crippen LogP contribution in [-0.4, -0.2) is 40.2 Å². The average molecular weight is 342 g/mol. The molecule has 2 radical (unpaired) electrons. The summed E-state index contributed by atoms with van der Waals surface area (Å²) in [7, 11) is 6.31. The van der Waals surface area contributed by atoms with Gasteiger partial charge in [0.1, 0.15) is 7.85 Å². The van der Waals surface area contributed by atoms with Gasteiger partial charge in [-0.2, -0.15) is 40.9 Å². The second kappa shape index (κ2) is 5.46. The van der Waals surface area contributed by atoms with Crippen molar-refractivity contribution in [3.8, 4) is 11.6 Å². The fourth-order valence-electron chi connectivity index (χ4n) is 1.74. The zero-order valence-corrected chi connectivity index (χ0v) is 11.2.